The molecular formula is C16H27NO3. The first-order valence-corrected chi connectivity index (χ1v) is 7.67. The number of carbonyl (C=O) groups excluding carboxylic acids is 2. The quantitative estimate of drug-likeness (QED) is 0.422. The summed E-state index contributed by atoms with van der Waals surface area (Å²) in [7, 11) is 0. The van der Waals surface area contributed by atoms with Crippen LogP contribution in [-0.2, 0) is 9.59 Å². The summed E-state index contributed by atoms with van der Waals surface area (Å²) < 4.78 is 0. The van der Waals surface area contributed by atoms with Crippen molar-refractivity contribution in [3.8, 4) is 0 Å². The summed E-state index contributed by atoms with van der Waals surface area (Å²) >= 11 is 0. The number of aliphatic hydroxyl groups is 1. The van der Waals surface area contributed by atoms with Crippen LogP contribution in [-0.4, -0.2) is 40.9 Å². The van der Waals surface area contributed by atoms with Gasteiger partial charge in [-0.05, 0) is 46.0 Å². The highest BCUT2D eigenvalue weighted by molar-refractivity contribution is 6.01. The molecule has 1 aliphatic heterocycles. The van der Waals surface area contributed by atoms with Crippen molar-refractivity contribution in [2.45, 2.75) is 58.4 Å². The van der Waals surface area contributed by atoms with Gasteiger partial charge in [0.05, 0.1) is 18.6 Å². The summed E-state index contributed by atoms with van der Waals surface area (Å²) in [5.41, 5.74) is 0. The molecular weight excluding hydrogens is 254 g/mol. The minimum absolute atomic E-state index is 0.00397. The van der Waals surface area contributed by atoms with Crippen molar-refractivity contribution in [2.75, 3.05) is 13.2 Å². The average molecular weight is 281 g/mol. The normalized spacial score (nSPS) is 20.6. The highest BCUT2D eigenvalue weighted by Gasteiger charge is 2.33. The molecule has 0 bridgehead atoms. The Kier molecular flexibility index (Phi) is 7.52. The fraction of sp³-hybridized carbons (Fsp3) is 0.750. The van der Waals surface area contributed by atoms with Crippen LogP contribution in [0.15, 0.2) is 12.2 Å². The molecule has 1 saturated heterocycles. The minimum atomic E-state index is -0.566. The fourth-order valence-electron chi connectivity index (χ4n) is 2.65. The number of ketones is 1. The van der Waals surface area contributed by atoms with Gasteiger partial charge < -0.3 is 10.0 Å². The molecule has 0 saturated carbocycles. The second kappa shape index (κ2) is 8.90. The maximum atomic E-state index is 12.3. The Bertz CT molecular complexity index is 352. The number of nitrogens with zero attached hydrogens (tertiary/aromatic N) is 1. The molecule has 4 nitrogen and oxygen atoms in total. The lowest BCUT2D eigenvalue weighted by atomic mass is 9.99. The Morgan fingerprint density at radius 2 is 2.15 bits per heavy atom. The SMILES string of the molecule is C/C=C/CCCCC(=O)[C@H](C)C(=O)N1CCC[C@@H]1CO. The number of hydrogen-bond acceptors (Lipinski definition) is 3. The van der Waals surface area contributed by atoms with Crippen molar-refractivity contribution < 1.29 is 14.7 Å². The van der Waals surface area contributed by atoms with E-state index in [-0.39, 0.29) is 24.3 Å². The Morgan fingerprint density at radius 1 is 1.40 bits per heavy atom. The number of unbranched alkanes of at least 4 members (excludes halogenated alkanes) is 2. The van der Waals surface area contributed by atoms with Gasteiger partial charge >= 0.3 is 0 Å². The molecule has 0 aromatic carbocycles. The van der Waals surface area contributed by atoms with Gasteiger partial charge in [-0.2, -0.15) is 0 Å². The lowest BCUT2D eigenvalue weighted by molar-refractivity contribution is -0.141. The zero-order chi connectivity index (χ0) is 15.0. The molecule has 4 heteroatoms. The third-order valence-electron chi connectivity index (χ3n) is 4.00. The molecule has 0 aromatic rings. The van der Waals surface area contributed by atoms with Gasteiger partial charge in [-0.3, -0.25) is 9.59 Å². The largest absolute Gasteiger partial charge is 0.394 e. The number of hydrogen-bond donors (Lipinski definition) is 1. The lowest BCUT2D eigenvalue weighted by Crippen LogP contribution is -2.42. The molecule has 1 amide bonds. The number of aliphatic hydroxyl groups excluding tert-OH is 1. The van der Waals surface area contributed by atoms with E-state index < -0.39 is 5.92 Å². The summed E-state index contributed by atoms with van der Waals surface area (Å²) in [5.74, 6) is -0.650. The fourth-order valence-corrected chi connectivity index (χ4v) is 2.65. The summed E-state index contributed by atoms with van der Waals surface area (Å²) in [4.78, 5) is 26.0. The number of carbonyl (C=O) groups is 2. The first-order chi connectivity index (χ1) is 9.61. The van der Waals surface area contributed by atoms with Crippen molar-refractivity contribution in [1.29, 1.82) is 0 Å². The molecule has 1 fully saturated rings. The van der Waals surface area contributed by atoms with Crippen molar-refractivity contribution in [3.63, 3.8) is 0 Å². The highest BCUT2D eigenvalue weighted by atomic mass is 16.3. The number of allylic oxidation sites excluding steroid dienone is 2. The van der Waals surface area contributed by atoms with Crippen molar-refractivity contribution in [1.82, 2.24) is 4.90 Å². The van der Waals surface area contributed by atoms with E-state index in [1.165, 1.54) is 0 Å². The van der Waals surface area contributed by atoms with E-state index in [4.69, 9.17) is 0 Å². The van der Waals surface area contributed by atoms with E-state index in [1.807, 2.05) is 13.0 Å². The van der Waals surface area contributed by atoms with Crippen LogP contribution in [0, 0.1) is 5.92 Å². The minimum Gasteiger partial charge on any atom is -0.394 e. The van der Waals surface area contributed by atoms with Crippen molar-refractivity contribution in [3.05, 3.63) is 12.2 Å². The zero-order valence-electron chi connectivity index (χ0n) is 12.7. The monoisotopic (exact) mass is 281 g/mol. The molecule has 0 aliphatic carbocycles. The van der Waals surface area contributed by atoms with Gasteiger partial charge in [-0.1, -0.05) is 12.2 Å². The van der Waals surface area contributed by atoms with E-state index >= 15 is 0 Å². The molecule has 20 heavy (non-hydrogen) atoms. The number of Topliss-reactive ketones (excluding diaryl/α,β-unsaturated/α-hetero) is 1. The Hall–Kier alpha value is -1.16. The molecule has 1 rings (SSSR count). The molecule has 2 atom stereocenters. The average Bonchev–Trinajstić information content (AvgIpc) is 2.93. The Balaban J connectivity index is 2.37. The second-order valence-electron chi connectivity index (χ2n) is 5.51. The first kappa shape index (κ1) is 16.9. The summed E-state index contributed by atoms with van der Waals surface area (Å²) in [6, 6.07) is -0.0903. The zero-order valence-corrected chi connectivity index (χ0v) is 12.7. The standard InChI is InChI=1S/C16H27NO3/c1-3-4-5-6-7-10-15(19)13(2)16(20)17-11-8-9-14(17)12-18/h3-4,13-14,18H,5-12H2,1-2H3/b4-3+/t13-,14+/m0/s1. The Morgan fingerprint density at radius 3 is 2.80 bits per heavy atom. The number of rotatable bonds is 8. The van der Waals surface area contributed by atoms with Crippen molar-refractivity contribution >= 4 is 11.7 Å². The highest BCUT2D eigenvalue weighted by Crippen LogP contribution is 2.20. The molecule has 114 valence electrons. The van der Waals surface area contributed by atoms with Gasteiger partial charge in [0, 0.05) is 13.0 Å². The molecule has 1 aliphatic rings. The predicted octanol–water partition coefficient (Wildman–Crippen LogP) is 2.31. The van der Waals surface area contributed by atoms with Crippen LogP contribution in [0.5, 0.6) is 0 Å². The molecule has 1 heterocycles. The Labute approximate surface area is 121 Å². The third kappa shape index (κ3) is 4.75. The second-order valence-corrected chi connectivity index (χ2v) is 5.51. The van der Waals surface area contributed by atoms with Gasteiger partial charge in [0.15, 0.2) is 0 Å². The van der Waals surface area contributed by atoms with E-state index in [9.17, 15) is 14.7 Å². The van der Waals surface area contributed by atoms with Gasteiger partial charge in [0.25, 0.3) is 0 Å². The van der Waals surface area contributed by atoms with Crippen LogP contribution in [0.4, 0.5) is 0 Å². The van der Waals surface area contributed by atoms with E-state index in [0.29, 0.717) is 13.0 Å². The summed E-state index contributed by atoms with van der Waals surface area (Å²) in [6.07, 6.45) is 9.15. The van der Waals surface area contributed by atoms with Gasteiger partial charge in [0.1, 0.15) is 5.78 Å². The predicted molar refractivity (Wildman–Crippen MR) is 79.3 cm³/mol. The topological polar surface area (TPSA) is 57.6 Å². The van der Waals surface area contributed by atoms with E-state index in [0.717, 1.165) is 32.1 Å². The van der Waals surface area contributed by atoms with Crippen LogP contribution in [0.25, 0.3) is 0 Å². The molecule has 0 spiro atoms. The van der Waals surface area contributed by atoms with Crippen LogP contribution in [0.2, 0.25) is 0 Å². The lowest BCUT2D eigenvalue weighted by Gasteiger charge is -2.25. The molecule has 0 aromatic heterocycles. The first-order valence-electron chi connectivity index (χ1n) is 7.67. The van der Waals surface area contributed by atoms with E-state index in [1.54, 1.807) is 11.8 Å². The van der Waals surface area contributed by atoms with Gasteiger partial charge in [0.2, 0.25) is 5.91 Å². The smallest absolute Gasteiger partial charge is 0.233 e. The third-order valence-corrected chi connectivity index (χ3v) is 4.00. The van der Waals surface area contributed by atoms with Crippen LogP contribution < -0.4 is 0 Å². The van der Waals surface area contributed by atoms with Gasteiger partial charge in [-0.25, -0.2) is 0 Å². The van der Waals surface area contributed by atoms with E-state index in [2.05, 4.69) is 6.08 Å². The number of likely N-dealkylation sites (tertiary alicyclic amines) is 1. The van der Waals surface area contributed by atoms with Crippen LogP contribution in [0.1, 0.15) is 52.4 Å². The summed E-state index contributed by atoms with van der Waals surface area (Å²) in [5, 5.41) is 9.24. The van der Waals surface area contributed by atoms with Crippen LogP contribution >= 0.6 is 0 Å². The maximum absolute atomic E-state index is 12.3. The molecule has 1 N–H and O–H groups in total. The summed E-state index contributed by atoms with van der Waals surface area (Å²) in [6.45, 7) is 4.35. The van der Waals surface area contributed by atoms with Crippen LogP contribution in [0.3, 0.4) is 0 Å². The number of amides is 1. The van der Waals surface area contributed by atoms with Crippen molar-refractivity contribution in [2.24, 2.45) is 5.92 Å². The van der Waals surface area contributed by atoms with Gasteiger partial charge in [-0.15, -0.1) is 0 Å². The molecule has 0 unspecified atom stereocenters. The molecule has 0 radical (unpaired) electrons. The maximum Gasteiger partial charge on any atom is 0.233 e.